The molecule has 8 heteroatoms. The van der Waals surface area contributed by atoms with Crippen molar-refractivity contribution in [2.24, 2.45) is 0 Å². The average molecular weight is 421 g/mol. The number of hydrogen-bond donors (Lipinski definition) is 1. The van der Waals surface area contributed by atoms with Crippen molar-refractivity contribution in [3.63, 3.8) is 0 Å². The highest BCUT2D eigenvalue weighted by Gasteiger charge is 2.24. The maximum atomic E-state index is 12.0. The molecule has 1 fully saturated rings. The van der Waals surface area contributed by atoms with Gasteiger partial charge in [0.15, 0.2) is 17.1 Å². The number of allylic oxidation sites excluding steroid dienone is 1. The molecule has 1 atom stereocenters. The Morgan fingerprint density at radius 3 is 2.71 bits per heavy atom. The summed E-state index contributed by atoms with van der Waals surface area (Å²) in [5, 5.41) is 13.0. The first kappa shape index (κ1) is 20.7. The van der Waals surface area contributed by atoms with Gasteiger partial charge in [0, 0.05) is 17.6 Å². The number of hydrogen-bond acceptors (Lipinski definition) is 5. The second-order valence-corrected chi connectivity index (χ2v) is 8.32. The third-order valence-electron chi connectivity index (χ3n) is 4.42. The van der Waals surface area contributed by atoms with E-state index >= 15 is 0 Å². The Labute approximate surface area is 174 Å². The first-order valence-corrected chi connectivity index (χ1v) is 10.6. The van der Waals surface area contributed by atoms with Gasteiger partial charge < -0.3 is 10.1 Å². The van der Waals surface area contributed by atoms with Crippen LogP contribution in [0.4, 0.5) is 0 Å². The average Bonchev–Trinajstić information content (AvgIpc) is 3.36. The summed E-state index contributed by atoms with van der Waals surface area (Å²) in [5.41, 5.74) is 1.93. The van der Waals surface area contributed by atoms with Gasteiger partial charge in [-0.3, -0.25) is 9.36 Å². The van der Waals surface area contributed by atoms with Crippen molar-refractivity contribution < 1.29 is 9.53 Å². The quantitative estimate of drug-likeness (QED) is 0.485. The zero-order valence-corrected chi connectivity index (χ0v) is 17.9. The molecular weight excluding hydrogens is 396 g/mol. The highest BCUT2D eigenvalue weighted by Crippen LogP contribution is 2.30. The molecule has 1 saturated carbocycles. The number of aromatic nitrogens is 3. The second-order valence-electron chi connectivity index (χ2n) is 7.00. The molecule has 1 aromatic heterocycles. The lowest BCUT2D eigenvalue weighted by molar-refractivity contribution is -0.118. The lowest BCUT2D eigenvalue weighted by atomic mass is 10.1. The number of rotatable bonds is 9. The molecule has 0 saturated heterocycles. The van der Waals surface area contributed by atoms with Gasteiger partial charge in [-0.1, -0.05) is 29.4 Å². The summed E-state index contributed by atoms with van der Waals surface area (Å²) in [5.74, 6) is 1.77. The standard InChI is InChI=1S/C20H25ClN4O2S/c1-5-8-25-19(14(4)27-16-9-12(2)18(21)13(3)10-16)23-24-20(25)28-11-17(26)22-15-6-7-15/h5,9-10,14-15H,1,6-8,11H2,2-4H3,(H,22,26)/t14-/m1/s1. The number of carbonyl (C=O) groups excluding carboxylic acids is 1. The van der Waals surface area contributed by atoms with Crippen LogP contribution >= 0.6 is 23.4 Å². The number of nitrogens with zero attached hydrogens (tertiary/aromatic N) is 3. The van der Waals surface area contributed by atoms with E-state index in [2.05, 4.69) is 22.1 Å². The normalized spacial score (nSPS) is 14.6. The fraction of sp³-hybridized carbons (Fsp3) is 0.450. The van der Waals surface area contributed by atoms with E-state index in [1.165, 1.54) is 11.8 Å². The fourth-order valence-corrected chi connectivity index (χ4v) is 3.74. The van der Waals surface area contributed by atoms with Gasteiger partial charge in [0.25, 0.3) is 0 Å². The molecule has 1 N–H and O–H groups in total. The molecule has 150 valence electrons. The van der Waals surface area contributed by atoms with Crippen LogP contribution in [-0.4, -0.2) is 32.5 Å². The Morgan fingerprint density at radius 1 is 1.43 bits per heavy atom. The van der Waals surface area contributed by atoms with Crippen LogP contribution < -0.4 is 10.1 Å². The first-order chi connectivity index (χ1) is 13.4. The minimum atomic E-state index is -0.318. The minimum absolute atomic E-state index is 0.0265. The van der Waals surface area contributed by atoms with Gasteiger partial charge in [0.1, 0.15) is 5.75 Å². The van der Waals surface area contributed by atoms with Gasteiger partial charge >= 0.3 is 0 Å². The van der Waals surface area contributed by atoms with Crippen molar-refractivity contribution in [3.8, 4) is 5.75 Å². The Hall–Kier alpha value is -1.99. The number of halogens is 1. The molecule has 0 bridgehead atoms. The maximum Gasteiger partial charge on any atom is 0.230 e. The SMILES string of the molecule is C=CCn1c(SCC(=O)NC2CC2)nnc1[C@@H](C)Oc1cc(C)c(Cl)c(C)c1. The van der Waals surface area contributed by atoms with Crippen molar-refractivity contribution >= 4 is 29.3 Å². The van der Waals surface area contributed by atoms with Gasteiger partial charge in [-0.05, 0) is 56.9 Å². The summed E-state index contributed by atoms with van der Waals surface area (Å²) in [6.45, 7) is 10.2. The molecule has 6 nitrogen and oxygen atoms in total. The monoisotopic (exact) mass is 420 g/mol. The molecule has 1 aromatic carbocycles. The van der Waals surface area contributed by atoms with E-state index < -0.39 is 0 Å². The molecule has 1 amide bonds. The minimum Gasteiger partial charge on any atom is -0.483 e. The molecule has 1 aliphatic carbocycles. The van der Waals surface area contributed by atoms with E-state index in [0.717, 1.165) is 34.7 Å². The highest BCUT2D eigenvalue weighted by atomic mass is 35.5. The van der Waals surface area contributed by atoms with E-state index in [4.69, 9.17) is 16.3 Å². The summed E-state index contributed by atoms with van der Waals surface area (Å²) in [4.78, 5) is 12.0. The summed E-state index contributed by atoms with van der Waals surface area (Å²) in [7, 11) is 0. The van der Waals surface area contributed by atoms with Crippen LogP contribution in [0, 0.1) is 13.8 Å². The molecule has 0 spiro atoms. The Kier molecular flexibility index (Phi) is 6.67. The lowest BCUT2D eigenvalue weighted by Gasteiger charge is -2.17. The van der Waals surface area contributed by atoms with Crippen LogP contribution in [0.25, 0.3) is 0 Å². The largest absolute Gasteiger partial charge is 0.483 e. The molecule has 1 aliphatic rings. The van der Waals surface area contributed by atoms with Crippen LogP contribution in [0.5, 0.6) is 5.75 Å². The number of amides is 1. The van der Waals surface area contributed by atoms with Crippen LogP contribution in [0.3, 0.4) is 0 Å². The third-order valence-corrected chi connectivity index (χ3v) is 5.98. The van der Waals surface area contributed by atoms with Gasteiger partial charge in [-0.2, -0.15) is 0 Å². The number of carbonyl (C=O) groups is 1. The van der Waals surface area contributed by atoms with Gasteiger partial charge in [-0.25, -0.2) is 0 Å². The van der Waals surface area contributed by atoms with E-state index in [1.807, 2.05) is 37.5 Å². The van der Waals surface area contributed by atoms with E-state index in [-0.39, 0.29) is 12.0 Å². The zero-order valence-electron chi connectivity index (χ0n) is 16.4. The Balaban J connectivity index is 1.72. The Bertz CT molecular complexity index is 856. The second kappa shape index (κ2) is 9.01. The van der Waals surface area contributed by atoms with Crippen LogP contribution in [0.1, 0.15) is 42.8 Å². The van der Waals surface area contributed by atoms with Gasteiger partial charge in [0.05, 0.1) is 5.75 Å². The van der Waals surface area contributed by atoms with Gasteiger partial charge in [0.2, 0.25) is 5.91 Å². The predicted octanol–water partition coefficient (Wildman–Crippen LogP) is 4.25. The zero-order chi connectivity index (χ0) is 20.3. The van der Waals surface area contributed by atoms with E-state index in [9.17, 15) is 4.79 Å². The molecule has 0 radical (unpaired) electrons. The molecule has 0 unspecified atom stereocenters. The predicted molar refractivity (Wildman–Crippen MR) is 112 cm³/mol. The van der Waals surface area contributed by atoms with E-state index in [1.54, 1.807) is 6.08 Å². The van der Waals surface area contributed by atoms with E-state index in [0.29, 0.717) is 29.3 Å². The molecule has 1 heterocycles. The van der Waals surface area contributed by atoms with Crippen LogP contribution in [-0.2, 0) is 11.3 Å². The molecular formula is C20H25ClN4O2S. The smallest absolute Gasteiger partial charge is 0.230 e. The highest BCUT2D eigenvalue weighted by molar-refractivity contribution is 7.99. The van der Waals surface area contributed by atoms with Crippen molar-refractivity contribution in [1.82, 2.24) is 20.1 Å². The van der Waals surface area contributed by atoms with Crippen molar-refractivity contribution in [2.45, 2.75) is 57.5 Å². The summed E-state index contributed by atoms with van der Waals surface area (Å²) >= 11 is 7.61. The van der Waals surface area contributed by atoms with Gasteiger partial charge in [-0.15, -0.1) is 16.8 Å². The summed E-state index contributed by atoms with van der Waals surface area (Å²) < 4.78 is 8.03. The summed E-state index contributed by atoms with van der Waals surface area (Å²) in [6.07, 6.45) is 3.61. The number of aryl methyl sites for hydroxylation is 2. The number of ether oxygens (including phenoxy) is 1. The van der Waals surface area contributed by atoms with Crippen LogP contribution in [0.2, 0.25) is 5.02 Å². The first-order valence-electron chi connectivity index (χ1n) is 9.28. The molecule has 0 aliphatic heterocycles. The Morgan fingerprint density at radius 2 is 2.11 bits per heavy atom. The van der Waals surface area contributed by atoms with Crippen molar-refractivity contribution in [2.75, 3.05) is 5.75 Å². The number of benzene rings is 1. The van der Waals surface area contributed by atoms with Crippen molar-refractivity contribution in [3.05, 3.63) is 46.8 Å². The van der Waals surface area contributed by atoms with Crippen molar-refractivity contribution in [1.29, 1.82) is 0 Å². The number of thioether (sulfide) groups is 1. The lowest BCUT2D eigenvalue weighted by Crippen LogP contribution is -2.27. The maximum absolute atomic E-state index is 12.0. The third kappa shape index (κ3) is 5.08. The van der Waals surface area contributed by atoms with Crippen LogP contribution in [0.15, 0.2) is 29.9 Å². The molecule has 28 heavy (non-hydrogen) atoms. The topological polar surface area (TPSA) is 69.0 Å². The molecule has 3 rings (SSSR count). The molecule has 2 aromatic rings. The number of nitrogens with one attached hydrogen (secondary N) is 1. The fourth-order valence-electron chi connectivity index (χ4n) is 2.87. The summed E-state index contributed by atoms with van der Waals surface area (Å²) in [6, 6.07) is 4.19.